The Bertz CT molecular complexity index is 724. The summed E-state index contributed by atoms with van der Waals surface area (Å²) >= 11 is 0. The van der Waals surface area contributed by atoms with Gasteiger partial charge in [-0.1, -0.05) is 25.5 Å². The molecule has 0 aromatic heterocycles. The lowest BCUT2D eigenvalue weighted by molar-refractivity contribution is -0.169. The number of nitrogens with one attached hydrogen (secondary N) is 2. The first-order valence-corrected chi connectivity index (χ1v) is 8.33. The van der Waals surface area contributed by atoms with E-state index < -0.39 is 0 Å². The molecule has 2 bridgehead atoms. The minimum atomic E-state index is -0.361. The number of rotatable bonds is 1. The molecule has 120 valence electrons. The summed E-state index contributed by atoms with van der Waals surface area (Å²) in [5.74, 6) is -2.01. The van der Waals surface area contributed by atoms with Gasteiger partial charge in [-0.3, -0.25) is 29.8 Å². The molecule has 23 heavy (non-hydrogen) atoms. The summed E-state index contributed by atoms with van der Waals surface area (Å²) in [5, 5.41) is 4.93. The standard InChI is InChI=1S/C17H18N2O4/c1-4(2)5-3-6-8-10(13-12(8)16(22)19-17(13)23)7(5)11-9(6)14(20)18-15(11)21/h3-4,6-13H,1-2H3,(H,18,20,21)(H,19,22,23)/t6-,7-,8+,9-,10-,11-,12-,13-/m1/s1. The maximum Gasteiger partial charge on any atom is 0.231 e. The van der Waals surface area contributed by atoms with Crippen molar-refractivity contribution in [1.82, 2.24) is 10.6 Å². The van der Waals surface area contributed by atoms with E-state index in [9.17, 15) is 19.2 Å². The van der Waals surface area contributed by atoms with E-state index in [1.807, 2.05) is 0 Å². The van der Waals surface area contributed by atoms with Crippen molar-refractivity contribution in [3.05, 3.63) is 11.6 Å². The van der Waals surface area contributed by atoms with Crippen LogP contribution in [-0.2, 0) is 19.2 Å². The summed E-state index contributed by atoms with van der Waals surface area (Å²) in [7, 11) is 0. The fraction of sp³-hybridized carbons (Fsp3) is 0.647. The van der Waals surface area contributed by atoms with Gasteiger partial charge in [-0.2, -0.15) is 0 Å². The highest BCUT2D eigenvalue weighted by atomic mass is 16.2. The summed E-state index contributed by atoms with van der Waals surface area (Å²) in [4.78, 5) is 48.9. The van der Waals surface area contributed by atoms with Crippen LogP contribution >= 0.6 is 0 Å². The maximum atomic E-state index is 12.4. The lowest BCUT2D eigenvalue weighted by Crippen LogP contribution is -2.64. The van der Waals surface area contributed by atoms with Gasteiger partial charge in [0.05, 0.1) is 23.7 Å². The first-order valence-electron chi connectivity index (χ1n) is 8.33. The van der Waals surface area contributed by atoms with Crippen molar-refractivity contribution in [1.29, 1.82) is 0 Å². The third kappa shape index (κ3) is 1.33. The largest absolute Gasteiger partial charge is 0.296 e. The third-order valence-electron chi connectivity index (χ3n) is 6.85. The van der Waals surface area contributed by atoms with E-state index in [2.05, 4.69) is 30.6 Å². The molecule has 6 heteroatoms. The Morgan fingerprint density at radius 3 is 1.87 bits per heavy atom. The van der Waals surface area contributed by atoms with Crippen LogP contribution in [0.2, 0.25) is 0 Å². The Balaban J connectivity index is 1.67. The second-order valence-electron chi connectivity index (χ2n) is 7.89. The van der Waals surface area contributed by atoms with E-state index in [-0.39, 0.29) is 76.9 Å². The van der Waals surface area contributed by atoms with Crippen LogP contribution in [0.15, 0.2) is 11.6 Å². The summed E-state index contributed by atoms with van der Waals surface area (Å²) in [6.07, 6.45) is 2.14. The van der Waals surface area contributed by atoms with Crippen LogP contribution in [0.4, 0.5) is 0 Å². The number of hydrogen-bond acceptors (Lipinski definition) is 4. The maximum absolute atomic E-state index is 12.4. The second-order valence-corrected chi connectivity index (χ2v) is 7.89. The van der Waals surface area contributed by atoms with Crippen LogP contribution in [0, 0.1) is 53.3 Å². The molecule has 0 aromatic rings. The van der Waals surface area contributed by atoms with Crippen LogP contribution in [-0.4, -0.2) is 23.6 Å². The first-order chi connectivity index (χ1) is 10.9. The number of hydrogen-bond donors (Lipinski definition) is 2. The van der Waals surface area contributed by atoms with E-state index in [4.69, 9.17) is 0 Å². The molecule has 6 nitrogen and oxygen atoms in total. The smallest absolute Gasteiger partial charge is 0.231 e. The van der Waals surface area contributed by atoms with Gasteiger partial charge >= 0.3 is 0 Å². The molecule has 0 aromatic carbocycles. The zero-order chi connectivity index (χ0) is 16.2. The lowest BCUT2D eigenvalue weighted by Gasteiger charge is -2.62. The van der Waals surface area contributed by atoms with Gasteiger partial charge in [0.25, 0.3) is 0 Å². The van der Waals surface area contributed by atoms with E-state index >= 15 is 0 Å². The first kappa shape index (κ1) is 13.5. The molecule has 4 fully saturated rings. The molecule has 2 aliphatic heterocycles. The molecule has 8 atom stereocenters. The Hall–Kier alpha value is -1.98. The van der Waals surface area contributed by atoms with Crippen LogP contribution in [0.25, 0.3) is 0 Å². The monoisotopic (exact) mass is 314 g/mol. The van der Waals surface area contributed by atoms with Crippen molar-refractivity contribution >= 4 is 23.6 Å². The molecule has 2 N–H and O–H groups in total. The summed E-state index contributed by atoms with van der Waals surface area (Å²) in [5.41, 5.74) is 1.19. The Kier molecular flexibility index (Phi) is 2.29. The van der Waals surface area contributed by atoms with E-state index in [0.29, 0.717) is 0 Å². The molecular formula is C17H18N2O4. The zero-order valence-corrected chi connectivity index (χ0v) is 12.9. The van der Waals surface area contributed by atoms with Gasteiger partial charge in [0.15, 0.2) is 0 Å². The fourth-order valence-electron chi connectivity index (χ4n) is 6.18. The van der Waals surface area contributed by atoms with Gasteiger partial charge in [-0.05, 0) is 29.6 Å². The summed E-state index contributed by atoms with van der Waals surface area (Å²) < 4.78 is 0. The normalized spacial score (nSPS) is 49.3. The number of imide groups is 2. The molecule has 6 aliphatic rings. The van der Waals surface area contributed by atoms with Crippen molar-refractivity contribution in [3.8, 4) is 0 Å². The van der Waals surface area contributed by atoms with Crippen molar-refractivity contribution < 1.29 is 19.2 Å². The Morgan fingerprint density at radius 2 is 1.26 bits per heavy atom. The van der Waals surface area contributed by atoms with Crippen LogP contribution in [0.1, 0.15) is 13.8 Å². The highest BCUT2D eigenvalue weighted by Gasteiger charge is 2.74. The molecule has 0 unspecified atom stereocenters. The Morgan fingerprint density at radius 1 is 0.739 bits per heavy atom. The molecule has 0 radical (unpaired) electrons. The predicted molar refractivity (Wildman–Crippen MR) is 77.1 cm³/mol. The number of allylic oxidation sites excluding steroid dienone is 2. The molecule has 2 saturated heterocycles. The topological polar surface area (TPSA) is 92.3 Å². The van der Waals surface area contributed by atoms with Gasteiger partial charge < -0.3 is 0 Å². The third-order valence-corrected chi connectivity index (χ3v) is 6.85. The minimum absolute atomic E-state index is 0.0248. The SMILES string of the molecule is CC(C)C1=C[C@H]2[C@H]3C(=O)NC(=O)[C@@H]3[C@H]1[C@H]1[C@H]3C(=O)NC(=O)[C@@H]3[C@@H]21. The fourth-order valence-corrected chi connectivity index (χ4v) is 6.18. The van der Waals surface area contributed by atoms with Crippen molar-refractivity contribution in [2.24, 2.45) is 53.3 Å². The lowest BCUT2D eigenvalue weighted by atomic mass is 9.38. The van der Waals surface area contributed by atoms with Gasteiger partial charge in [0.1, 0.15) is 0 Å². The summed E-state index contributed by atoms with van der Waals surface area (Å²) in [6, 6.07) is 0. The highest BCUT2D eigenvalue weighted by molar-refractivity contribution is 6.09. The average molecular weight is 314 g/mol. The average Bonchev–Trinajstić information content (AvgIpc) is 2.87. The zero-order valence-electron chi connectivity index (χ0n) is 12.9. The van der Waals surface area contributed by atoms with Gasteiger partial charge in [-0.25, -0.2) is 0 Å². The highest BCUT2D eigenvalue weighted by Crippen LogP contribution is 2.68. The molecule has 6 rings (SSSR count). The van der Waals surface area contributed by atoms with Crippen molar-refractivity contribution in [3.63, 3.8) is 0 Å². The number of carbonyl (C=O) groups is 4. The van der Waals surface area contributed by atoms with E-state index in [0.717, 1.165) is 0 Å². The molecule has 0 spiro atoms. The molecular weight excluding hydrogens is 296 g/mol. The molecule has 2 heterocycles. The number of carbonyl (C=O) groups excluding carboxylic acids is 4. The van der Waals surface area contributed by atoms with Crippen LogP contribution in [0.3, 0.4) is 0 Å². The molecule has 2 saturated carbocycles. The van der Waals surface area contributed by atoms with Gasteiger partial charge in [-0.15, -0.1) is 0 Å². The van der Waals surface area contributed by atoms with Gasteiger partial charge in [0, 0.05) is 0 Å². The van der Waals surface area contributed by atoms with Crippen molar-refractivity contribution in [2.45, 2.75) is 13.8 Å². The Labute approximate surface area is 133 Å². The predicted octanol–water partition coefficient (Wildman–Crippen LogP) is -0.148. The van der Waals surface area contributed by atoms with Crippen LogP contribution in [0.5, 0.6) is 0 Å². The minimum Gasteiger partial charge on any atom is -0.296 e. The van der Waals surface area contributed by atoms with Gasteiger partial charge in [0.2, 0.25) is 23.6 Å². The van der Waals surface area contributed by atoms with Crippen molar-refractivity contribution in [2.75, 3.05) is 0 Å². The quantitative estimate of drug-likeness (QED) is 0.520. The molecule has 4 aliphatic carbocycles. The van der Waals surface area contributed by atoms with E-state index in [1.165, 1.54) is 5.57 Å². The molecule has 4 amide bonds. The second kappa shape index (κ2) is 3.91. The van der Waals surface area contributed by atoms with E-state index in [1.54, 1.807) is 0 Å². The number of fused-ring (bicyclic) bond motifs is 1. The number of amides is 4. The summed E-state index contributed by atoms with van der Waals surface area (Å²) in [6.45, 7) is 4.17. The van der Waals surface area contributed by atoms with Crippen LogP contribution < -0.4 is 10.6 Å².